The highest BCUT2D eigenvalue weighted by Gasteiger charge is 2.41. The van der Waals surface area contributed by atoms with Crippen molar-refractivity contribution >= 4 is 82.1 Å². The molecule has 0 amide bonds. The molecule has 0 radical (unpaired) electrons. The van der Waals surface area contributed by atoms with Crippen LogP contribution in [-0.4, -0.2) is 87.1 Å². The molecule has 0 aromatic carbocycles. The van der Waals surface area contributed by atoms with Crippen molar-refractivity contribution in [1.29, 1.82) is 0 Å². The number of ether oxygens (including phenoxy) is 2. The number of rotatable bonds is 11. The maximum absolute atomic E-state index is 13.0. The van der Waals surface area contributed by atoms with Crippen LogP contribution < -0.4 is 16.3 Å². The summed E-state index contributed by atoms with van der Waals surface area (Å²) in [5.74, 6) is -0.309. The molecule has 2 aliphatic rings. The van der Waals surface area contributed by atoms with Crippen LogP contribution in [0.15, 0.2) is 23.8 Å². The summed E-state index contributed by atoms with van der Waals surface area (Å²) in [7, 11) is 0. The quantitative estimate of drug-likeness (QED) is 0.0918. The van der Waals surface area contributed by atoms with Crippen molar-refractivity contribution in [1.82, 2.24) is 34.1 Å². The predicted octanol–water partition coefficient (Wildman–Crippen LogP) is 0.706. The second kappa shape index (κ2) is 12.8. The van der Waals surface area contributed by atoms with Crippen LogP contribution in [0.25, 0.3) is 21.5 Å². The molecular weight excluding hydrogens is 696 g/mol. The van der Waals surface area contributed by atoms with Gasteiger partial charge in [0.25, 0.3) is 0 Å². The molecule has 0 saturated carbocycles. The monoisotopic (exact) mass is 723 g/mol. The number of aliphatic hydroxyl groups is 1. The number of fused-ring (bicyclic) bond motifs is 2. The molecule has 0 aliphatic carbocycles. The van der Waals surface area contributed by atoms with Crippen LogP contribution in [0.5, 0.6) is 0 Å². The van der Waals surface area contributed by atoms with Gasteiger partial charge in [-0.05, 0) is 18.2 Å². The lowest BCUT2D eigenvalue weighted by Gasteiger charge is -2.23. The summed E-state index contributed by atoms with van der Waals surface area (Å²) in [6.45, 7) is -8.88. The maximum Gasteiger partial charge on any atom is 0.383 e. The number of aromatic nitrogens is 7. The molecule has 2 saturated heterocycles. The van der Waals surface area contributed by atoms with E-state index in [0.717, 1.165) is 11.3 Å². The van der Waals surface area contributed by atoms with Gasteiger partial charge in [0, 0.05) is 12.3 Å². The van der Waals surface area contributed by atoms with E-state index in [1.165, 1.54) is 23.5 Å². The van der Waals surface area contributed by atoms with Crippen molar-refractivity contribution in [2.24, 2.45) is 5.92 Å². The molecule has 45 heavy (non-hydrogen) atoms. The third kappa shape index (κ3) is 7.08. The van der Waals surface area contributed by atoms with Crippen molar-refractivity contribution in [3.05, 3.63) is 28.6 Å². The molecule has 6 heterocycles. The zero-order chi connectivity index (χ0) is 32.1. The van der Waals surface area contributed by atoms with E-state index in [1.54, 1.807) is 4.57 Å². The van der Waals surface area contributed by atoms with Gasteiger partial charge in [0.05, 0.1) is 38.4 Å². The average Bonchev–Trinajstić information content (AvgIpc) is 3.74. The number of thiol groups is 1. The second-order valence-electron chi connectivity index (χ2n) is 10.2. The number of imidazole rings is 1. The van der Waals surface area contributed by atoms with Crippen LogP contribution in [0.3, 0.4) is 0 Å². The molecule has 4 unspecified atom stereocenters. The highest BCUT2D eigenvalue weighted by atomic mass is 32.7. The lowest BCUT2D eigenvalue weighted by molar-refractivity contribution is -0.0439. The number of nitrogens with two attached hydrogens (primary N) is 2. The average molecular weight is 724 g/mol. The summed E-state index contributed by atoms with van der Waals surface area (Å²) in [5.41, 5.74) is 12.8. The minimum atomic E-state index is -4.12. The summed E-state index contributed by atoms with van der Waals surface area (Å²) >= 11 is 9.56. The van der Waals surface area contributed by atoms with Gasteiger partial charge in [0.15, 0.2) is 17.1 Å². The van der Waals surface area contributed by atoms with Crippen molar-refractivity contribution in [2.75, 3.05) is 31.3 Å². The second-order valence-corrected chi connectivity index (χ2v) is 16.7. The molecule has 0 spiro atoms. The van der Waals surface area contributed by atoms with Gasteiger partial charge in [-0.25, -0.2) is 29.5 Å². The molecule has 24 heteroatoms. The smallest absolute Gasteiger partial charge is 0.383 e. The fourth-order valence-electron chi connectivity index (χ4n) is 5.13. The first-order chi connectivity index (χ1) is 21.3. The van der Waals surface area contributed by atoms with Gasteiger partial charge in [-0.15, -0.1) is 0 Å². The van der Waals surface area contributed by atoms with Gasteiger partial charge in [-0.2, -0.15) is 0 Å². The summed E-state index contributed by atoms with van der Waals surface area (Å²) in [4.78, 5) is 53.2. The van der Waals surface area contributed by atoms with Crippen LogP contribution in [-0.2, 0) is 39.4 Å². The number of nitrogens with zero attached hydrogens (tertiary/aromatic N) is 7. The van der Waals surface area contributed by atoms with Gasteiger partial charge in [-0.3, -0.25) is 18.5 Å². The minimum absolute atomic E-state index is 0.110. The molecule has 8 atom stereocenters. The van der Waals surface area contributed by atoms with Crippen LogP contribution >= 0.6 is 37.1 Å². The van der Waals surface area contributed by atoms with Crippen molar-refractivity contribution < 1.29 is 42.5 Å². The topological polar surface area (TPSA) is 267 Å². The molecule has 4 aromatic heterocycles. The maximum atomic E-state index is 13.0. The molecular formula is C21H27N9O10P2S3. The first-order valence-electron chi connectivity index (χ1n) is 13.1. The Kier molecular flexibility index (Phi) is 9.31. The standard InChI is InChI=1S/C21H27N9O10P2S3/c22-16-14-18(26-6-24-16)29(8-28-14)13-2-11(31)12(40-13)5-38-42(35,44)37-3-9-1-10(4-36-41(33,34)43)39-20(9)30-19-15(45-21(30)32)17(23)25-7-27-19/h6-13,20,31H,1-5H2,(H,35,44)(H2,22,24,26)(H2,23,25,27)(H2,33,34,43)/t9?,10-,11?,12+,13+,20+,42?/m0/s1. The lowest BCUT2D eigenvalue weighted by atomic mass is 10.0. The highest BCUT2D eigenvalue weighted by molar-refractivity contribution is 8.44. The van der Waals surface area contributed by atoms with Gasteiger partial charge < -0.3 is 44.9 Å². The van der Waals surface area contributed by atoms with E-state index >= 15 is 0 Å². The number of hydrogen-bond donors (Lipinski definition) is 6. The third-order valence-corrected chi connectivity index (χ3v) is 10.5. The third-order valence-electron chi connectivity index (χ3n) is 7.17. The zero-order valence-corrected chi connectivity index (χ0v) is 27.2. The first-order valence-corrected chi connectivity index (χ1v) is 19.3. The Morgan fingerprint density at radius 2 is 1.73 bits per heavy atom. The number of aliphatic hydroxyl groups excluding tert-OH is 1. The Hall–Kier alpha value is -2.17. The van der Waals surface area contributed by atoms with Crippen LogP contribution in [0.2, 0.25) is 0 Å². The molecule has 2 aliphatic heterocycles. The first kappa shape index (κ1) is 32.8. The Morgan fingerprint density at radius 3 is 2.49 bits per heavy atom. The van der Waals surface area contributed by atoms with E-state index in [-0.39, 0.29) is 49.9 Å². The summed E-state index contributed by atoms with van der Waals surface area (Å²) in [6, 6.07) is 0. The molecule has 2 fully saturated rings. The number of nitrogen functional groups attached to an aromatic ring is 2. The zero-order valence-electron chi connectivity index (χ0n) is 22.9. The van der Waals surface area contributed by atoms with Crippen molar-refractivity contribution in [3.8, 4) is 0 Å². The minimum Gasteiger partial charge on any atom is -0.390 e. The van der Waals surface area contributed by atoms with Crippen LogP contribution in [0, 0.1) is 5.92 Å². The fraction of sp³-hybridized carbons (Fsp3) is 0.524. The van der Waals surface area contributed by atoms with E-state index in [2.05, 4.69) is 37.2 Å². The summed E-state index contributed by atoms with van der Waals surface area (Å²) in [6.07, 6.45) is 0.0820. The van der Waals surface area contributed by atoms with E-state index in [4.69, 9.17) is 46.3 Å². The Labute approximate surface area is 267 Å². The van der Waals surface area contributed by atoms with E-state index in [1.807, 2.05) is 0 Å². The lowest BCUT2D eigenvalue weighted by Crippen LogP contribution is -2.27. The Balaban J connectivity index is 1.12. The van der Waals surface area contributed by atoms with E-state index < -0.39 is 55.1 Å². The Bertz CT molecular complexity index is 1870. The number of anilines is 2. The van der Waals surface area contributed by atoms with E-state index in [0.29, 0.717) is 15.9 Å². The van der Waals surface area contributed by atoms with Gasteiger partial charge in [0.1, 0.15) is 47.2 Å². The van der Waals surface area contributed by atoms with Gasteiger partial charge in [0.2, 0.25) is 0 Å². The normalized spacial score (nSPS) is 28.1. The van der Waals surface area contributed by atoms with Gasteiger partial charge >= 0.3 is 18.4 Å². The molecule has 4 aromatic rings. The molecule has 19 nitrogen and oxygen atoms in total. The molecule has 0 bridgehead atoms. The van der Waals surface area contributed by atoms with Crippen molar-refractivity contribution in [2.45, 2.75) is 43.6 Å². The molecule has 7 N–H and O–H groups in total. The molecule has 6 rings (SSSR count). The van der Waals surface area contributed by atoms with Crippen LogP contribution in [0.4, 0.5) is 11.6 Å². The molecule has 244 valence electrons. The summed E-state index contributed by atoms with van der Waals surface area (Å²) in [5, 5.41) is 10.6. The fourth-order valence-corrected chi connectivity index (χ4v) is 7.71. The van der Waals surface area contributed by atoms with Crippen LogP contribution in [0.1, 0.15) is 25.3 Å². The number of thiazole rings is 1. The highest BCUT2D eigenvalue weighted by Crippen LogP contribution is 2.50. The number of hydrogen-bond acceptors (Lipinski definition) is 17. The predicted molar refractivity (Wildman–Crippen MR) is 166 cm³/mol. The Morgan fingerprint density at radius 1 is 1.02 bits per heavy atom. The summed E-state index contributed by atoms with van der Waals surface area (Å²) < 4.78 is 42.9. The SMILES string of the molecule is Nc1ncnc2c1ncn2[C@H]1CC(O)[C@@H](COP(O)(=S)OCC2C[C@@H](COP(=O)(O)S)O[C@H]2n2c(=O)sc3c(N)ncnc32)O1. The van der Waals surface area contributed by atoms with E-state index in [9.17, 15) is 24.3 Å². The van der Waals surface area contributed by atoms with Gasteiger partial charge in [-0.1, -0.05) is 23.6 Å². The van der Waals surface area contributed by atoms with Crippen molar-refractivity contribution in [3.63, 3.8) is 0 Å². The largest absolute Gasteiger partial charge is 0.390 e.